The molecule has 0 aliphatic heterocycles. The summed E-state index contributed by atoms with van der Waals surface area (Å²) in [6.07, 6.45) is 0. The molecular formula is CaO6. The molecule has 0 rings (SSSR count). The maximum absolute atomic E-state index is 9.88. The third kappa shape index (κ3) is 28000. The summed E-state index contributed by atoms with van der Waals surface area (Å²) in [6.45, 7) is 0. The third-order valence-corrected chi connectivity index (χ3v) is 0. The molecule has 0 aliphatic rings. The Labute approximate surface area is 35.0 Å². The summed E-state index contributed by atoms with van der Waals surface area (Å²) < 4.78 is 52.1. The van der Waals surface area contributed by atoms with Crippen LogP contribution >= 0.6 is 0 Å². The molecule has 7 heteroatoms. The Morgan fingerprint density at radius 2 is 0.571 bits per heavy atom. The first-order valence-electron chi connectivity index (χ1n) is 1.73. The van der Waals surface area contributed by atoms with Gasteiger partial charge >= 0.3 is 35.2 Å². The molecule has 0 aromatic rings. The molecule has 0 radical (unpaired) electrons. The van der Waals surface area contributed by atoms with Crippen LogP contribution in [0.15, 0.2) is 0 Å². The molecule has 0 amide bonds. The van der Waals surface area contributed by atoms with Crippen molar-refractivity contribution in [3.05, 3.63) is 0 Å². The van der Waals surface area contributed by atoms with E-state index in [9.17, 15) is 0 Å². The van der Waals surface area contributed by atoms with Gasteiger partial charge in [0.15, 0.2) is 0 Å². The van der Waals surface area contributed by atoms with Crippen LogP contribution < -0.4 is 0 Å². The van der Waals surface area contributed by atoms with Crippen LogP contribution in [-0.4, -0.2) is 26.6 Å². The van der Waals surface area contributed by atoms with Crippen molar-refractivity contribution in [3.63, 3.8) is 0 Å². The van der Waals surface area contributed by atoms with E-state index in [0.717, 1.165) is 0 Å². The van der Waals surface area contributed by atoms with Gasteiger partial charge in [0.2, 0.25) is 0 Å². The zero-order valence-corrected chi connectivity index (χ0v) is 5.36. The van der Waals surface area contributed by atoms with Gasteiger partial charge in [0, 0.05) is 0 Å². The van der Waals surface area contributed by atoms with Crippen LogP contribution in [0.3, 0.4) is 0 Å². The third-order valence-electron chi connectivity index (χ3n) is 0. The Kier molecular flexibility index (Phi) is 0.690. The fraction of sp³-hybridized carbons (Fsp3) is 0. The van der Waals surface area contributed by atoms with Crippen molar-refractivity contribution in [2.75, 3.05) is 0 Å². The predicted molar refractivity (Wildman–Crippen MR) is 9.87 cm³/mol. The zero-order valence-electron chi connectivity index (χ0n) is 3.16. The average Bonchev–Trinajstić information content (AvgIpc) is 0.592. The maximum atomic E-state index is 8.69. The second-order valence-electron chi connectivity index (χ2n) is 1.77. The molecule has 0 aliphatic carbocycles. The molecule has 38 valence electrons. The second kappa shape index (κ2) is 0.684. The number of hydrogen-bond donors (Lipinski definition) is 0. The molecule has 0 saturated heterocycles. The normalized spacial score (nSPS) is 22.3. The van der Waals surface area contributed by atoms with Crippen molar-refractivity contribution in [2.24, 2.45) is 0 Å². The van der Waals surface area contributed by atoms with E-state index in [-0.39, 0.29) is 0 Å². The molecule has 0 spiro atoms. The van der Waals surface area contributed by atoms with Gasteiger partial charge in [-0.2, -0.15) is 0 Å². The first-order valence-corrected chi connectivity index (χ1v) is 7.14. The van der Waals surface area contributed by atoms with Gasteiger partial charge in [0.1, 0.15) is 0 Å². The molecule has 7 heavy (non-hydrogen) atoms. The number of hydrogen-bond acceptors (Lipinski definition) is 6. The number of rotatable bonds is 0. The van der Waals surface area contributed by atoms with Crippen LogP contribution in [0.1, 0.15) is 0 Å². The molecule has 0 unspecified atom stereocenters. The molecule has 0 fully saturated rings. The van der Waals surface area contributed by atoms with Crippen LogP contribution in [0, 0.1) is 0 Å². The van der Waals surface area contributed by atoms with Gasteiger partial charge in [0.25, 0.3) is 0 Å². The van der Waals surface area contributed by atoms with E-state index in [4.69, 9.17) is 8.60 Å². The van der Waals surface area contributed by atoms with E-state index < -0.39 is 26.6 Å². The molecule has 0 saturated carbocycles. The monoisotopic (exact) mass is 136 g/mol. The molecule has 0 heterocycles. The quantitative estimate of drug-likeness (QED) is 0.392. The van der Waals surface area contributed by atoms with E-state index in [1.807, 2.05) is 0 Å². The molecule has 0 bridgehead atoms. The Morgan fingerprint density at radius 3 is 0.571 bits per heavy atom. The SMILES string of the molecule is [O]=[Ca](=[O])(=[O])(=[O])(=[O])=[O]. The molecule has 0 aromatic heterocycles. The summed E-state index contributed by atoms with van der Waals surface area (Å²) in [6, 6.07) is 0. The molecule has 0 N–H and O–H groups in total. The van der Waals surface area contributed by atoms with E-state index in [1.54, 1.807) is 0 Å². The van der Waals surface area contributed by atoms with Crippen molar-refractivity contribution in [1.82, 2.24) is 0 Å². The Hall–Kier alpha value is 0.0597. The Balaban J connectivity index is 8.86. The summed E-state index contributed by atoms with van der Waals surface area (Å²) in [7, 11) is 0. The van der Waals surface area contributed by atoms with Gasteiger partial charge in [-0.1, -0.05) is 0 Å². The van der Waals surface area contributed by atoms with Crippen LogP contribution in [0.4, 0.5) is 0 Å². The zero-order chi connectivity index (χ0) is 6.41. The standard InChI is InChI=1S/Ca.6O. The van der Waals surface area contributed by atoms with Crippen molar-refractivity contribution < 1.29 is 8.60 Å². The minimum absolute atomic E-state index is 8.69. The van der Waals surface area contributed by atoms with Gasteiger partial charge < -0.3 is 0 Å². The fourth-order valence-electron chi connectivity index (χ4n) is 0. The molecular weight excluding hydrogens is 136 g/mol. The van der Waals surface area contributed by atoms with Crippen LogP contribution in [0.25, 0.3) is 0 Å². The van der Waals surface area contributed by atoms with Gasteiger partial charge in [0.05, 0.1) is 0 Å². The average molecular weight is 136 g/mol. The van der Waals surface area contributed by atoms with Gasteiger partial charge in [-0.3, -0.25) is 0 Å². The van der Waals surface area contributed by atoms with Gasteiger partial charge in [-0.05, 0) is 0 Å². The van der Waals surface area contributed by atoms with E-state index in [1.165, 1.54) is 0 Å². The fourth-order valence-corrected chi connectivity index (χ4v) is 0. The Morgan fingerprint density at radius 1 is 0.571 bits per heavy atom. The van der Waals surface area contributed by atoms with Crippen LogP contribution in [-0.2, 0) is 8.60 Å². The van der Waals surface area contributed by atoms with Gasteiger partial charge in [-0.15, -0.1) is 0 Å². The summed E-state index contributed by atoms with van der Waals surface area (Å²) in [4.78, 5) is 0. The summed E-state index contributed by atoms with van der Waals surface area (Å²) in [5, 5.41) is 0. The topological polar surface area (TPSA) is 102 Å². The molecule has 0 atom stereocenters. The van der Waals surface area contributed by atoms with Crippen molar-refractivity contribution in [3.8, 4) is 0 Å². The van der Waals surface area contributed by atoms with E-state index in [0.29, 0.717) is 0 Å². The van der Waals surface area contributed by atoms with E-state index >= 15 is 0 Å². The van der Waals surface area contributed by atoms with Crippen LogP contribution in [0.2, 0.25) is 0 Å². The summed E-state index contributed by atoms with van der Waals surface area (Å²) >= 11 is -9.88. The predicted octanol–water partition coefficient (Wildman–Crippen LogP) is -1.09. The first-order chi connectivity index (χ1) is 2.45. The first kappa shape index (κ1) is 7.06. The molecule has 6 nitrogen and oxygen atoms in total. The van der Waals surface area contributed by atoms with Crippen LogP contribution in [0.5, 0.6) is 0 Å². The molecule has 0 aromatic carbocycles. The Bertz CT molecular complexity index is 432. The van der Waals surface area contributed by atoms with Crippen molar-refractivity contribution in [2.45, 2.75) is 0 Å². The second-order valence-corrected chi connectivity index (χ2v) is 7.29. The summed E-state index contributed by atoms with van der Waals surface area (Å²) in [5.41, 5.74) is 0. The van der Waals surface area contributed by atoms with E-state index in [2.05, 4.69) is 0 Å². The van der Waals surface area contributed by atoms with Crippen molar-refractivity contribution in [1.29, 1.82) is 0 Å². The van der Waals surface area contributed by atoms with Crippen molar-refractivity contribution >= 4 is 26.6 Å². The minimum atomic E-state index is -9.88. The summed E-state index contributed by atoms with van der Waals surface area (Å²) in [5.74, 6) is 0. The van der Waals surface area contributed by atoms with Gasteiger partial charge in [-0.25, -0.2) is 0 Å².